The van der Waals surface area contributed by atoms with Gasteiger partial charge in [-0.15, -0.1) is 0 Å². The van der Waals surface area contributed by atoms with Gasteiger partial charge in [-0.1, -0.05) is 58.3 Å². The molecule has 1 aromatic carbocycles. The number of alkyl halides is 3. The third-order valence-corrected chi connectivity index (χ3v) is 3.99. The first-order chi connectivity index (χ1) is 11.8. The van der Waals surface area contributed by atoms with Crippen molar-refractivity contribution >= 4 is 5.97 Å². The molecule has 0 saturated carbocycles. The summed E-state index contributed by atoms with van der Waals surface area (Å²) in [5.74, 6) is -1.64. The molecular weight excluding hydrogens is 333 g/mol. The Morgan fingerprint density at radius 3 is 2.12 bits per heavy atom. The van der Waals surface area contributed by atoms with Gasteiger partial charge in [0, 0.05) is 6.42 Å². The number of carbonyl (C=O) groups is 1. The topological polar surface area (TPSA) is 46.5 Å². The Labute approximate surface area is 147 Å². The first-order valence-electron chi connectivity index (χ1n) is 8.95. The van der Waals surface area contributed by atoms with E-state index in [4.69, 9.17) is 4.74 Å². The fourth-order valence-corrected chi connectivity index (χ4v) is 2.57. The van der Waals surface area contributed by atoms with Crippen LogP contribution in [0, 0.1) is 0 Å². The van der Waals surface area contributed by atoms with Gasteiger partial charge in [-0.25, -0.2) is 0 Å². The van der Waals surface area contributed by atoms with E-state index in [9.17, 15) is 23.1 Å². The highest BCUT2D eigenvalue weighted by atomic mass is 19.4. The molecule has 142 valence electrons. The Hall–Kier alpha value is -1.72. The van der Waals surface area contributed by atoms with E-state index in [0.29, 0.717) is 12.5 Å². The molecule has 0 bridgehead atoms. The average Bonchev–Trinajstić information content (AvgIpc) is 2.54. The Morgan fingerprint density at radius 1 is 1.00 bits per heavy atom. The molecular formula is C19H27F3O3. The van der Waals surface area contributed by atoms with Crippen LogP contribution in [0.25, 0.3) is 0 Å². The number of aromatic hydroxyl groups is 1. The number of benzene rings is 1. The molecule has 0 saturated heterocycles. The second-order valence-electron chi connectivity index (χ2n) is 6.23. The van der Waals surface area contributed by atoms with Crippen LogP contribution in [0.4, 0.5) is 13.2 Å². The van der Waals surface area contributed by atoms with E-state index >= 15 is 0 Å². The molecule has 6 heteroatoms. The number of halogens is 3. The van der Waals surface area contributed by atoms with Gasteiger partial charge in [-0.3, -0.25) is 4.79 Å². The summed E-state index contributed by atoms with van der Waals surface area (Å²) >= 11 is 0. The zero-order valence-corrected chi connectivity index (χ0v) is 14.7. The third-order valence-electron chi connectivity index (χ3n) is 3.99. The molecule has 1 rings (SSSR count). The van der Waals surface area contributed by atoms with Crippen molar-refractivity contribution in [1.82, 2.24) is 0 Å². The fourth-order valence-electron chi connectivity index (χ4n) is 2.57. The summed E-state index contributed by atoms with van der Waals surface area (Å²) < 4.78 is 43.0. The minimum atomic E-state index is -4.69. The van der Waals surface area contributed by atoms with Crippen molar-refractivity contribution in [2.24, 2.45) is 0 Å². The van der Waals surface area contributed by atoms with E-state index < -0.39 is 23.5 Å². The molecule has 0 aliphatic carbocycles. The lowest BCUT2D eigenvalue weighted by atomic mass is 10.1. The van der Waals surface area contributed by atoms with Gasteiger partial charge in [-0.05, 0) is 24.6 Å². The lowest BCUT2D eigenvalue weighted by Crippen LogP contribution is -2.10. The molecule has 3 nitrogen and oxygen atoms in total. The van der Waals surface area contributed by atoms with Crippen LogP contribution in [0.5, 0.6) is 11.5 Å². The van der Waals surface area contributed by atoms with E-state index in [1.54, 1.807) is 0 Å². The molecule has 1 aromatic rings. The van der Waals surface area contributed by atoms with Crippen molar-refractivity contribution in [2.45, 2.75) is 77.3 Å². The molecule has 0 heterocycles. The van der Waals surface area contributed by atoms with Crippen molar-refractivity contribution in [1.29, 1.82) is 0 Å². The van der Waals surface area contributed by atoms with Crippen LogP contribution in [0.15, 0.2) is 18.2 Å². The molecule has 0 radical (unpaired) electrons. The van der Waals surface area contributed by atoms with Gasteiger partial charge in [0.15, 0.2) is 0 Å². The van der Waals surface area contributed by atoms with Crippen LogP contribution < -0.4 is 4.74 Å². The van der Waals surface area contributed by atoms with Gasteiger partial charge in [0.2, 0.25) is 0 Å². The predicted molar refractivity (Wildman–Crippen MR) is 90.6 cm³/mol. The number of carbonyl (C=O) groups excluding carboxylic acids is 1. The first-order valence-corrected chi connectivity index (χ1v) is 8.95. The lowest BCUT2D eigenvalue weighted by Gasteiger charge is -2.11. The summed E-state index contributed by atoms with van der Waals surface area (Å²) in [6.45, 7) is 2.18. The van der Waals surface area contributed by atoms with Gasteiger partial charge < -0.3 is 9.84 Å². The van der Waals surface area contributed by atoms with Gasteiger partial charge in [0.25, 0.3) is 0 Å². The number of phenolic OH excluding ortho intramolecular Hbond substituents is 1. The van der Waals surface area contributed by atoms with Crippen molar-refractivity contribution in [3.05, 3.63) is 23.8 Å². The number of esters is 1. The van der Waals surface area contributed by atoms with Crippen LogP contribution in [0.3, 0.4) is 0 Å². The molecule has 0 atom stereocenters. The maximum Gasteiger partial charge on any atom is 0.420 e. The van der Waals surface area contributed by atoms with Crippen LogP contribution in [0.1, 0.15) is 76.7 Å². The molecule has 0 fully saturated rings. The van der Waals surface area contributed by atoms with Crippen LogP contribution in [-0.4, -0.2) is 11.1 Å². The maximum absolute atomic E-state index is 12.7. The summed E-state index contributed by atoms with van der Waals surface area (Å²) in [6, 6.07) is 2.67. The second kappa shape index (κ2) is 11.0. The fraction of sp³-hybridized carbons (Fsp3) is 0.632. The zero-order chi connectivity index (χ0) is 18.7. The van der Waals surface area contributed by atoms with Gasteiger partial charge >= 0.3 is 12.1 Å². The summed E-state index contributed by atoms with van der Waals surface area (Å²) in [5.41, 5.74) is -1.21. The maximum atomic E-state index is 12.7. The largest absolute Gasteiger partial charge is 0.507 e. The first kappa shape index (κ1) is 21.3. The van der Waals surface area contributed by atoms with Crippen LogP contribution in [0.2, 0.25) is 0 Å². The normalized spacial score (nSPS) is 11.5. The smallest absolute Gasteiger partial charge is 0.420 e. The number of rotatable bonds is 11. The molecule has 25 heavy (non-hydrogen) atoms. The predicted octanol–water partition coefficient (Wildman–Crippen LogP) is 6.24. The number of unbranched alkanes of at least 4 members (excludes halogenated alkanes) is 8. The standard InChI is InChI=1S/C19H27F3O3/c1-2-3-4-5-6-7-8-9-10-11-18(24)25-15-12-13-17(23)16(14-15)19(20,21)22/h12-14,23H,2-11H2,1H3. The van der Waals surface area contributed by atoms with Gasteiger partial charge in [-0.2, -0.15) is 13.2 Å². The highest BCUT2D eigenvalue weighted by Gasteiger charge is 2.34. The molecule has 0 spiro atoms. The molecule has 0 unspecified atom stereocenters. The van der Waals surface area contributed by atoms with Crippen LogP contribution in [-0.2, 0) is 11.0 Å². The Balaban J connectivity index is 2.25. The minimum Gasteiger partial charge on any atom is -0.507 e. The summed E-state index contributed by atoms with van der Waals surface area (Å²) in [4.78, 5) is 11.7. The van der Waals surface area contributed by atoms with Crippen molar-refractivity contribution in [2.75, 3.05) is 0 Å². The molecule has 1 N–H and O–H groups in total. The highest BCUT2D eigenvalue weighted by molar-refractivity contribution is 5.72. The molecule has 0 aliphatic rings. The van der Waals surface area contributed by atoms with Crippen molar-refractivity contribution < 1.29 is 27.8 Å². The number of hydrogen-bond donors (Lipinski definition) is 1. The zero-order valence-electron chi connectivity index (χ0n) is 14.7. The quantitative estimate of drug-likeness (QED) is 0.289. The monoisotopic (exact) mass is 360 g/mol. The second-order valence-corrected chi connectivity index (χ2v) is 6.23. The van der Waals surface area contributed by atoms with Crippen molar-refractivity contribution in [3.8, 4) is 11.5 Å². The Bertz CT molecular complexity index is 527. The average molecular weight is 360 g/mol. The van der Waals surface area contributed by atoms with Crippen molar-refractivity contribution in [3.63, 3.8) is 0 Å². The lowest BCUT2D eigenvalue weighted by molar-refractivity contribution is -0.140. The van der Waals surface area contributed by atoms with E-state index in [2.05, 4.69) is 6.92 Å². The summed E-state index contributed by atoms with van der Waals surface area (Å²) in [5, 5.41) is 9.24. The SMILES string of the molecule is CCCCCCCCCCCC(=O)Oc1ccc(O)c(C(F)(F)F)c1. The number of ether oxygens (including phenoxy) is 1. The van der Waals surface area contributed by atoms with E-state index in [1.807, 2.05) is 0 Å². The highest BCUT2D eigenvalue weighted by Crippen LogP contribution is 2.37. The van der Waals surface area contributed by atoms with E-state index in [0.717, 1.165) is 31.4 Å². The van der Waals surface area contributed by atoms with E-state index in [1.165, 1.54) is 32.1 Å². The minimum absolute atomic E-state index is 0.179. The van der Waals surface area contributed by atoms with Gasteiger partial charge in [0.1, 0.15) is 17.1 Å². The van der Waals surface area contributed by atoms with Crippen LogP contribution >= 0.6 is 0 Å². The number of hydrogen-bond acceptors (Lipinski definition) is 3. The number of phenols is 1. The van der Waals surface area contributed by atoms with Gasteiger partial charge in [0.05, 0.1) is 0 Å². The third kappa shape index (κ3) is 8.79. The molecule has 0 amide bonds. The Morgan fingerprint density at radius 2 is 1.56 bits per heavy atom. The Kier molecular flexibility index (Phi) is 9.39. The molecule has 0 aromatic heterocycles. The summed E-state index contributed by atoms with van der Waals surface area (Å²) in [7, 11) is 0. The summed E-state index contributed by atoms with van der Waals surface area (Å²) in [6.07, 6.45) is 5.49. The van der Waals surface area contributed by atoms with E-state index in [-0.39, 0.29) is 12.2 Å². The molecule has 0 aliphatic heterocycles.